The van der Waals surface area contributed by atoms with Gasteiger partial charge in [0.1, 0.15) is 12.4 Å². The maximum Gasteiger partial charge on any atom is 0.220 e. The molecule has 2 aliphatic heterocycles. The number of carbonyl (C=O) groups is 1. The molecule has 28 heavy (non-hydrogen) atoms. The van der Waals surface area contributed by atoms with E-state index in [1.807, 2.05) is 6.92 Å². The molecule has 2 heterocycles. The summed E-state index contributed by atoms with van der Waals surface area (Å²) in [4.78, 5) is 18.5. The number of nitrogens with zero attached hydrogens (tertiary/aromatic N) is 2. The van der Waals surface area contributed by atoms with Crippen LogP contribution in [-0.2, 0) is 4.79 Å². The highest BCUT2D eigenvalue weighted by atomic mass is 127. The van der Waals surface area contributed by atoms with Gasteiger partial charge in [0.2, 0.25) is 5.91 Å². The van der Waals surface area contributed by atoms with E-state index < -0.39 is 11.6 Å². The van der Waals surface area contributed by atoms with Crippen molar-refractivity contribution >= 4 is 35.8 Å². The predicted molar refractivity (Wildman–Crippen MR) is 114 cm³/mol. The highest BCUT2D eigenvalue weighted by molar-refractivity contribution is 14.0. The van der Waals surface area contributed by atoms with E-state index in [0.29, 0.717) is 13.0 Å². The maximum absolute atomic E-state index is 13.2. The maximum atomic E-state index is 13.2. The minimum atomic E-state index is -0.928. The number of piperidine rings is 1. The van der Waals surface area contributed by atoms with E-state index in [1.165, 1.54) is 6.07 Å². The highest BCUT2D eigenvalue weighted by Crippen LogP contribution is 2.35. The Bertz CT molecular complexity index is 719. The first-order valence-corrected chi connectivity index (χ1v) is 9.39. The van der Waals surface area contributed by atoms with Crippen LogP contribution in [0.25, 0.3) is 0 Å². The Labute approximate surface area is 181 Å². The van der Waals surface area contributed by atoms with Crippen LogP contribution in [0.2, 0.25) is 0 Å². The zero-order chi connectivity index (χ0) is 19.3. The van der Waals surface area contributed by atoms with Crippen LogP contribution in [-0.4, -0.2) is 56.1 Å². The number of guanidine groups is 1. The van der Waals surface area contributed by atoms with E-state index in [-0.39, 0.29) is 47.7 Å². The second kappa shape index (κ2) is 10.2. The van der Waals surface area contributed by atoms with E-state index in [1.54, 1.807) is 0 Å². The number of hydrogen-bond acceptors (Lipinski definition) is 3. The third-order valence-electron chi connectivity index (χ3n) is 5.00. The topological polar surface area (TPSA) is 66.0 Å². The van der Waals surface area contributed by atoms with Crippen LogP contribution in [0.1, 0.15) is 26.2 Å². The molecular formula is C19H27F2IN4O2. The summed E-state index contributed by atoms with van der Waals surface area (Å²) in [5, 5.41) is 6.24. The summed E-state index contributed by atoms with van der Waals surface area (Å²) in [6.45, 7) is 5.81. The summed E-state index contributed by atoms with van der Waals surface area (Å²) >= 11 is 0. The lowest BCUT2D eigenvalue weighted by atomic mass is 9.79. The summed E-state index contributed by atoms with van der Waals surface area (Å²) < 4.78 is 31.6. The first-order valence-electron chi connectivity index (χ1n) is 9.39. The van der Waals surface area contributed by atoms with Crippen molar-refractivity contribution in [1.29, 1.82) is 0 Å². The van der Waals surface area contributed by atoms with Gasteiger partial charge in [-0.05, 0) is 31.9 Å². The fourth-order valence-electron chi connectivity index (χ4n) is 3.74. The number of amides is 1. The summed E-state index contributed by atoms with van der Waals surface area (Å²) in [5.74, 6) is -0.624. The molecule has 2 aliphatic rings. The van der Waals surface area contributed by atoms with Crippen LogP contribution in [0.3, 0.4) is 0 Å². The SMILES string of the molecule is CCNC(=NCCOc1ccc(F)c(F)c1)N1CCCC2(CNC(=O)C2)C1.I. The standard InChI is InChI=1S/C19H26F2N4O2.HI/c1-2-22-18(23-7-9-27-14-4-5-15(20)16(21)10-14)25-8-3-6-19(13-25)11-17(26)24-12-19;/h4-5,10H,2-3,6-9,11-13H2,1H3,(H,22,23)(H,24,26);1H. The van der Waals surface area contributed by atoms with Gasteiger partial charge in [0, 0.05) is 44.1 Å². The molecule has 0 aliphatic carbocycles. The third-order valence-corrected chi connectivity index (χ3v) is 5.00. The summed E-state index contributed by atoms with van der Waals surface area (Å²) in [7, 11) is 0. The lowest BCUT2D eigenvalue weighted by Crippen LogP contribution is -2.51. The van der Waals surface area contributed by atoms with Crippen LogP contribution in [0, 0.1) is 17.0 Å². The van der Waals surface area contributed by atoms with Gasteiger partial charge < -0.3 is 20.3 Å². The zero-order valence-corrected chi connectivity index (χ0v) is 18.3. The molecule has 0 saturated carbocycles. The third kappa shape index (κ3) is 5.68. The Morgan fingerprint density at radius 1 is 1.39 bits per heavy atom. The van der Waals surface area contributed by atoms with Gasteiger partial charge in [0.15, 0.2) is 17.6 Å². The number of nitrogens with one attached hydrogen (secondary N) is 2. The Kier molecular flexibility index (Phi) is 8.26. The van der Waals surface area contributed by atoms with Gasteiger partial charge in [-0.25, -0.2) is 13.8 Å². The van der Waals surface area contributed by atoms with Crippen molar-refractivity contribution in [2.75, 3.05) is 39.3 Å². The summed E-state index contributed by atoms with van der Waals surface area (Å²) in [6, 6.07) is 3.47. The van der Waals surface area contributed by atoms with Crippen molar-refractivity contribution in [1.82, 2.24) is 15.5 Å². The first kappa shape index (κ1) is 22.6. The van der Waals surface area contributed by atoms with Gasteiger partial charge in [0.05, 0.1) is 6.54 Å². The zero-order valence-electron chi connectivity index (χ0n) is 16.0. The number of hydrogen-bond donors (Lipinski definition) is 2. The molecule has 1 spiro atoms. The molecule has 2 N–H and O–H groups in total. The molecule has 1 unspecified atom stereocenters. The molecule has 156 valence electrons. The van der Waals surface area contributed by atoms with Crippen LogP contribution in [0.4, 0.5) is 8.78 Å². The predicted octanol–water partition coefficient (Wildman–Crippen LogP) is 2.53. The second-order valence-corrected chi connectivity index (χ2v) is 7.14. The van der Waals surface area contributed by atoms with Crippen molar-refractivity contribution < 1.29 is 18.3 Å². The lowest BCUT2D eigenvalue weighted by molar-refractivity contribution is -0.119. The molecule has 1 amide bonds. The van der Waals surface area contributed by atoms with Gasteiger partial charge in [-0.2, -0.15) is 0 Å². The molecule has 9 heteroatoms. The minimum absolute atomic E-state index is 0. The van der Waals surface area contributed by atoms with E-state index in [2.05, 4.69) is 20.5 Å². The summed E-state index contributed by atoms with van der Waals surface area (Å²) in [6.07, 6.45) is 2.63. The van der Waals surface area contributed by atoms with E-state index in [4.69, 9.17) is 4.74 Å². The monoisotopic (exact) mass is 508 g/mol. The van der Waals surface area contributed by atoms with E-state index in [0.717, 1.165) is 57.1 Å². The molecular weight excluding hydrogens is 481 g/mol. The second-order valence-electron chi connectivity index (χ2n) is 7.14. The average molecular weight is 508 g/mol. The Morgan fingerprint density at radius 3 is 2.89 bits per heavy atom. The number of rotatable bonds is 5. The molecule has 2 saturated heterocycles. The van der Waals surface area contributed by atoms with Gasteiger partial charge in [-0.15, -0.1) is 24.0 Å². The van der Waals surface area contributed by atoms with Gasteiger partial charge in [0.25, 0.3) is 0 Å². The van der Waals surface area contributed by atoms with Crippen molar-refractivity contribution in [3.63, 3.8) is 0 Å². The fourth-order valence-corrected chi connectivity index (χ4v) is 3.74. The number of aliphatic imine (C=N–C) groups is 1. The lowest BCUT2D eigenvalue weighted by Gasteiger charge is -2.40. The Balaban J connectivity index is 0.00000280. The summed E-state index contributed by atoms with van der Waals surface area (Å²) in [5.41, 5.74) is -0.00629. The minimum Gasteiger partial charge on any atom is -0.492 e. The fraction of sp³-hybridized carbons (Fsp3) is 0.579. The van der Waals surface area contributed by atoms with E-state index in [9.17, 15) is 13.6 Å². The number of likely N-dealkylation sites (tertiary alicyclic amines) is 1. The number of benzene rings is 1. The molecule has 1 aromatic carbocycles. The molecule has 2 fully saturated rings. The van der Waals surface area contributed by atoms with Crippen molar-refractivity contribution in [3.8, 4) is 5.75 Å². The van der Waals surface area contributed by atoms with Crippen LogP contribution in [0.15, 0.2) is 23.2 Å². The van der Waals surface area contributed by atoms with Crippen molar-refractivity contribution in [2.24, 2.45) is 10.4 Å². The average Bonchev–Trinajstić information content (AvgIpc) is 3.00. The molecule has 1 atom stereocenters. The highest BCUT2D eigenvalue weighted by Gasteiger charge is 2.42. The van der Waals surface area contributed by atoms with Gasteiger partial charge in [-0.1, -0.05) is 0 Å². The molecule has 3 rings (SSSR count). The molecule has 6 nitrogen and oxygen atoms in total. The van der Waals surface area contributed by atoms with Crippen LogP contribution in [0.5, 0.6) is 5.75 Å². The van der Waals surface area contributed by atoms with Crippen LogP contribution >= 0.6 is 24.0 Å². The Hall–Kier alpha value is -1.65. The van der Waals surface area contributed by atoms with Crippen molar-refractivity contribution in [3.05, 3.63) is 29.8 Å². The number of halogens is 3. The molecule has 0 aromatic heterocycles. The normalized spacial score (nSPS) is 22.0. The molecule has 1 aromatic rings. The molecule has 0 bridgehead atoms. The first-order chi connectivity index (χ1) is 13.0. The largest absolute Gasteiger partial charge is 0.492 e. The smallest absolute Gasteiger partial charge is 0.220 e. The van der Waals surface area contributed by atoms with Crippen molar-refractivity contribution in [2.45, 2.75) is 26.2 Å². The van der Waals surface area contributed by atoms with Gasteiger partial charge in [-0.3, -0.25) is 4.79 Å². The van der Waals surface area contributed by atoms with Crippen LogP contribution < -0.4 is 15.4 Å². The quantitative estimate of drug-likeness (QED) is 0.278. The molecule has 0 radical (unpaired) electrons. The van der Waals surface area contributed by atoms with Gasteiger partial charge >= 0.3 is 0 Å². The van der Waals surface area contributed by atoms with E-state index >= 15 is 0 Å². The number of ether oxygens (including phenoxy) is 1. The Morgan fingerprint density at radius 2 is 2.21 bits per heavy atom. The number of carbonyl (C=O) groups excluding carboxylic acids is 1.